The smallest absolute Gasteiger partial charge is 0.410 e. The second-order valence-electron chi connectivity index (χ2n) is 6.29. The SMILES string of the molecule is CC(C)(C)OC(=O)N1CCN(C(=O)c2ccsc2)C(C(=O)O)C1. The van der Waals surface area contributed by atoms with Crippen LogP contribution in [0.1, 0.15) is 31.1 Å². The van der Waals surface area contributed by atoms with Gasteiger partial charge in [-0.05, 0) is 32.2 Å². The Balaban J connectivity index is 2.11. The summed E-state index contributed by atoms with van der Waals surface area (Å²) < 4.78 is 5.27. The third kappa shape index (κ3) is 4.22. The standard InChI is InChI=1S/C15H20N2O5S/c1-15(2,3)22-14(21)16-5-6-17(11(8-16)13(19)20)12(18)10-4-7-23-9-10/h4,7,9,11H,5-6,8H2,1-3H3,(H,19,20). The van der Waals surface area contributed by atoms with Crippen molar-refractivity contribution in [3.63, 3.8) is 0 Å². The van der Waals surface area contributed by atoms with E-state index in [9.17, 15) is 19.5 Å². The van der Waals surface area contributed by atoms with Gasteiger partial charge < -0.3 is 19.6 Å². The molecule has 1 aromatic heterocycles. The highest BCUT2D eigenvalue weighted by Gasteiger charge is 2.38. The van der Waals surface area contributed by atoms with Gasteiger partial charge in [0, 0.05) is 18.5 Å². The van der Waals surface area contributed by atoms with Crippen molar-refractivity contribution in [2.45, 2.75) is 32.4 Å². The van der Waals surface area contributed by atoms with E-state index >= 15 is 0 Å². The second kappa shape index (κ2) is 6.57. The van der Waals surface area contributed by atoms with E-state index in [1.54, 1.807) is 37.6 Å². The maximum Gasteiger partial charge on any atom is 0.410 e. The number of nitrogens with zero attached hydrogens (tertiary/aromatic N) is 2. The van der Waals surface area contributed by atoms with Crippen molar-refractivity contribution in [2.75, 3.05) is 19.6 Å². The molecule has 2 amide bonds. The summed E-state index contributed by atoms with van der Waals surface area (Å²) in [5.41, 5.74) is -0.189. The number of carboxylic acids is 1. The molecule has 1 atom stereocenters. The Hall–Kier alpha value is -2.09. The minimum atomic E-state index is -1.14. The van der Waals surface area contributed by atoms with Crippen LogP contribution in [0.2, 0.25) is 0 Å². The van der Waals surface area contributed by atoms with Gasteiger partial charge in [0.1, 0.15) is 11.6 Å². The molecule has 0 spiro atoms. The van der Waals surface area contributed by atoms with Gasteiger partial charge in [-0.3, -0.25) is 4.79 Å². The number of rotatable bonds is 2. The number of hydrogen-bond donors (Lipinski definition) is 1. The Morgan fingerprint density at radius 1 is 1.30 bits per heavy atom. The molecule has 2 rings (SSSR count). The average Bonchev–Trinajstić information content (AvgIpc) is 2.98. The molecular weight excluding hydrogens is 320 g/mol. The largest absolute Gasteiger partial charge is 0.480 e. The molecule has 7 nitrogen and oxygen atoms in total. The first kappa shape index (κ1) is 17.3. The lowest BCUT2D eigenvalue weighted by Gasteiger charge is -2.39. The van der Waals surface area contributed by atoms with E-state index in [1.807, 2.05) is 0 Å². The first-order valence-corrected chi connectivity index (χ1v) is 8.17. The van der Waals surface area contributed by atoms with Gasteiger partial charge in [-0.1, -0.05) is 0 Å². The molecule has 2 heterocycles. The van der Waals surface area contributed by atoms with Crippen molar-refractivity contribution in [3.8, 4) is 0 Å². The number of piperazine rings is 1. The molecule has 1 aliphatic rings. The van der Waals surface area contributed by atoms with E-state index in [-0.39, 0.29) is 25.5 Å². The zero-order valence-corrected chi connectivity index (χ0v) is 14.1. The fourth-order valence-electron chi connectivity index (χ4n) is 2.28. The zero-order chi connectivity index (χ0) is 17.2. The minimum Gasteiger partial charge on any atom is -0.480 e. The molecule has 1 aliphatic heterocycles. The number of hydrogen-bond acceptors (Lipinski definition) is 5. The van der Waals surface area contributed by atoms with Gasteiger partial charge in [0.15, 0.2) is 0 Å². The highest BCUT2D eigenvalue weighted by Crippen LogP contribution is 2.18. The summed E-state index contributed by atoms with van der Waals surface area (Å²) in [6, 6.07) is 0.579. The quantitative estimate of drug-likeness (QED) is 0.888. The fraction of sp³-hybridized carbons (Fsp3) is 0.533. The third-order valence-electron chi connectivity index (χ3n) is 3.35. The van der Waals surface area contributed by atoms with Crippen molar-refractivity contribution in [3.05, 3.63) is 22.4 Å². The number of carbonyl (C=O) groups excluding carboxylic acids is 2. The third-order valence-corrected chi connectivity index (χ3v) is 4.03. The van der Waals surface area contributed by atoms with Crippen LogP contribution < -0.4 is 0 Å². The molecule has 0 radical (unpaired) electrons. The molecule has 1 aromatic rings. The number of amides is 2. The fourth-order valence-corrected chi connectivity index (χ4v) is 2.91. The summed E-state index contributed by atoms with van der Waals surface area (Å²) in [7, 11) is 0. The monoisotopic (exact) mass is 340 g/mol. The normalized spacial score (nSPS) is 18.7. The second-order valence-corrected chi connectivity index (χ2v) is 7.07. The summed E-state index contributed by atoms with van der Waals surface area (Å²) >= 11 is 1.37. The van der Waals surface area contributed by atoms with E-state index in [0.29, 0.717) is 5.56 Å². The Morgan fingerprint density at radius 2 is 2.00 bits per heavy atom. The lowest BCUT2D eigenvalue weighted by atomic mass is 10.1. The van der Waals surface area contributed by atoms with Crippen LogP contribution in [0.15, 0.2) is 16.8 Å². The Bertz CT molecular complexity index is 594. The van der Waals surface area contributed by atoms with Gasteiger partial charge in [0.2, 0.25) is 0 Å². The zero-order valence-electron chi connectivity index (χ0n) is 13.3. The molecule has 0 bridgehead atoms. The molecule has 1 saturated heterocycles. The van der Waals surface area contributed by atoms with Crippen molar-refractivity contribution in [1.29, 1.82) is 0 Å². The van der Waals surface area contributed by atoms with Gasteiger partial charge >= 0.3 is 12.1 Å². The summed E-state index contributed by atoms with van der Waals surface area (Å²) in [5.74, 6) is -1.47. The van der Waals surface area contributed by atoms with E-state index < -0.39 is 23.7 Å². The number of carboxylic acid groups (broad SMARTS) is 1. The molecule has 23 heavy (non-hydrogen) atoms. The molecular formula is C15H20N2O5S. The molecule has 1 fully saturated rings. The molecule has 1 unspecified atom stereocenters. The van der Waals surface area contributed by atoms with Crippen LogP contribution in [0.5, 0.6) is 0 Å². The molecule has 126 valence electrons. The van der Waals surface area contributed by atoms with Crippen molar-refractivity contribution < 1.29 is 24.2 Å². The Morgan fingerprint density at radius 3 is 2.52 bits per heavy atom. The number of aliphatic carboxylic acids is 1. The van der Waals surface area contributed by atoms with Crippen molar-refractivity contribution >= 4 is 29.3 Å². The van der Waals surface area contributed by atoms with E-state index in [0.717, 1.165) is 0 Å². The maximum absolute atomic E-state index is 12.4. The van der Waals surface area contributed by atoms with Gasteiger partial charge in [0.25, 0.3) is 5.91 Å². The van der Waals surface area contributed by atoms with Crippen LogP contribution in [0.3, 0.4) is 0 Å². The summed E-state index contributed by atoms with van der Waals surface area (Å²) in [4.78, 5) is 38.7. The van der Waals surface area contributed by atoms with Crippen LogP contribution in [-0.2, 0) is 9.53 Å². The van der Waals surface area contributed by atoms with Gasteiger partial charge in [-0.15, -0.1) is 0 Å². The molecule has 0 aromatic carbocycles. The number of thiophene rings is 1. The predicted molar refractivity (Wildman–Crippen MR) is 84.6 cm³/mol. The van der Waals surface area contributed by atoms with E-state index in [4.69, 9.17) is 4.74 Å². The van der Waals surface area contributed by atoms with Gasteiger partial charge in [-0.2, -0.15) is 11.3 Å². The van der Waals surface area contributed by atoms with Gasteiger partial charge in [0.05, 0.1) is 12.1 Å². The minimum absolute atomic E-state index is 0.0832. The molecule has 0 saturated carbocycles. The predicted octanol–water partition coefficient (Wildman–Crippen LogP) is 1.89. The average molecular weight is 340 g/mol. The summed E-state index contributed by atoms with van der Waals surface area (Å²) in [5, 5.41) is 12.9. The lowest BCUT2D eigenvalue weighted by molar-refractivity contribution is -0.144. The maximum atomic E-state index is 12.4. The van der Waals surface area contributed by atoms with Crippen LogP contribution in [0, 0.1) is 0 Å². The lowest BCUT2D eigenvalue weighted by Crippen LogP contribution is -2.59. The summed E-state index contributed by atoms with van der Waals surface area (Å²) in [6.07, 6.45) is -0.564. The number of ether oxygens (including phenoxy) is 1. The van der Waals surface area contributed by atoms with Crippen LogP contribution in [0.25, 0.3) is 0 Å². The first-order valence-electron chi connectivity index (χ1n) is 7.23. The molecule has 8 heteroatoms. The highest BCUT2D eigenvalue weighted by molar-refractivity contribution is 7.08. The van der Waals surface area contributed by atoms with E-state index in [1.165, 1.54) is 21.1 Å². The van der Waals surface area contributed by atoms with Crippen LogP contribution >= 0.6 is 11.3 Å². The highest BCUT2D eigenvalue weighted by atomic mass is 32.1. The van der Waals surface area contributed by atoms with Crippen molar-refractivity contribution in [2.24, 2.45) is 0 Å². The van der Waals surface area contributed by atoms with Crippen LogP contribution in [0.4, 0.5) is 4.79 Å². The molecule has 0 aliphatic carbocycles. The summed E-state index contributed by atoms with van der Waals surface area (Å²) in [6.45, 7) is 5.56. The molecule has 1 N–H and O–H groups in total. The number of carbonyl (C=O) groups is 3. The first-order chi connectivity index (χ1) is 10.7. The van der Waals surface area contributed by atoms with Crippen LogP contribution in [-0.4, -0.2) is 64.2 Å². The van der Waals surface area contributed by atoms with E-state index in [2.05, 4.69) is 0 Å². The van der Waals surface area contributed by atoms with Crippen molar-refractivity contribution in [1.82, 2.24) is 9.80 Å². The topological polar surface area (TPSA) is 87.2 Å². The Kier molecular flexibility index (Phi) is 4.93. The Labute approximate surface area is 138 Å². The van der Waals surface area contributed by atoms with Gasteiger partial charge in [-0.25, -0.2) is 9.59 Å².